The molecule has 1 spiro atoms. The second kappa shape index (κ2) is 11.3. The summed E-state index contributed by atoms with van der Waals surface area (Å²) in [6.07, 6.45) is 5.90. The molecule has 3 aliphatic rings. The van der Waals surface area contributed by atoms with Gasteiger partial charge in [0.05, 0.1) is 0 Å². The van der Waals surface area contributed by atoms with Gasteiger partial charge in [0.2, 0.25) is 11.9 Å². The van der Waals surface area contributed by atoms with Gasteiger partial charge in [0.15, 0.2) is 0 Å². The highest BCUT2D eigenvalue weighted by Gasteiger charge is 2.40. The van der Waals surface area contributed by atoms with Gasteiger partial charge in [-0.25, -0.2) is 9.78 Å². The largest absolute Gasteiger partial charge is 0.490 e. The van der Waals surface area contributed by atoms with Crippen LogP contribution in [0.4, 0.5) is 17.6 Å². The number of pyridine rings is 1. The molecule has 0 radical (unpaired) electrons. The number of amides is 2. The van der Waals surface area contributed by atoms with Gasteiger partial charge < -0.3 is 14.9 Å². The summed E-state index contributed by atoms with van der Waals surface area (Å²) in [7, 11) is 0. The SMILES string of the molecule is O=C(CC1CCC2(CC1)CCN(C(=O)c1ccnc(F)c1)CC2)N1CCCC1.O=C(O)C(F)(F)F. The third-order valence-electron chi connectivity index (χ3n) is 7.42. The number of hydrogen-bond donors (Lipinski definition) is 1. The number of aromatic nitrogens is 1. The van der Waals surface area contributed by atoms with Crippen LogP contribution in [0.3, 0.4) is 0 Å². The number of hydrogen-bond acceptors (Lipinski definition) is 4. The van der Waals surface area contributed by atoms with E-state index in [2.05, 4.69) is 4.98 Å². The third-order valence-corrected chi connectivity index (χ3v) is 7.42. The normalized spacial score (nSPS) is 20.3. The Morgan fingerprint density at radius 1 is 1.00 bits per heavy atom. The van der Waals surface area contributed by atoms with Crippen LogP contribution in [-0.2, 0) is 9.59 Å². The summed E-state index contributed by atoms with van der Waals surface area (Å²) in [5, 5.41) is 7.12. The van der Waals surface area contributed by atoms with Gasteiger partial charge >= 0.3 is 12.1 Å². The number of carboxylic acid groups (broad SMARTS) is 1. The number of aliphatic carboxylic acids is 1. The molecule has 0 unspecified atom stereocenters. The molecular weight excluding hydrogens is 470 g/mol. The molecule has 0 atom stereocenters. The molecule has 11 heteroatoms. The Morgan fingerprint density at radius 3 is 2.09 bits per heavy atom. The Hall–Kier alpha value is -2.72. The predicted octanol–water partition coefficient (Wildman–Crippen LogP) is 4.28. The van der Waals surface area contributed by atoms with Crippen molar-refractivity contribution in [3.8, 4) is 0 Å². The van der Waals surface area contributed by atoms with E-state index in [0.717, 1.165) is 77.5 Å². The molecule has 0 aromatic carbocycles. The molecule has 194 valence electrons. The van der Waals surface area contributed by atoms with Crippen molar-refractivity contribution in [1.29, 1.82) is 0 Å². The first kappa shape index (κ1) is 26.9. The Labute approximate surface area is 201 Å². The monoisotopic (exact) mass is 501 g/mol. The van der Waals surface area contributed by atoms with E-state index in [0.29, 0.717) is 29.2 Å². The lowest BCUT2D eigenvalue weighted by molar-refractivity contribution is -0.192. The molecule has 3 fully saturated rings. The Bertz CT molecular complexity index is 900. The van der Waals surface area contributed by atoms with Crippen LogP contribution in [0.25, 0.3) is 0 Å². The second-order valence-corrected chi connectivity index (χ2v) is 9.70. The van der Waals surface area contributed by atoms with Crippen molar-refractivity contribution in [2.24, 2.45) is 11.3 Å². The van der Waals surface area contributed by atoms with Crippen molar-refractivity contribution in [2.75, 3.05) is 26.2 Å². The van der Waals surface area contributed by atoms with Crippen LogP contribution in [0.2, 0.25) is 0 Å². The minimum atomic E-state index is -5.08. The maximum absolute atomic E-state index is 13.3. The fraction of sp³-hybridized carbons (Fsp3) is 0.667. The van der Waals surface area contributed by atoms with Gasteiger partial charge in [-0.15, -0.1) is 0 Å². The van der Waals surface area contributed by atoms with Crippen molar-refractivity contribution >= 4 is 17.8 Å². The topological polar surface area (TPSA) is 90.8 Å². The van der Waals surface area contributed by atoms with Crippen LogP contribution in [0.15, 0.2) is 18.3 Å². The highest BCUT2D eigenvalue weighted by molar-refractivity contribution is 5.94. The molecule has 7 nitrogen and oxygen atoms in total. The molecule has 1 saturated carbocycles. The molecule has 2 amide bonds. The zero-order valence-electron chi connectivity index (χ0n) is 19.5. The summed E-state index contributed by atoms with van der Waals surface area (Å²) in [4.78, 5) is 41.3. The Morgan fingerprint density at radius 2 is 1.57 bits per heavy atom. The van der Waals surface area contributed by atoms with Crippen LogP contribution in [0.1, 0.15) is 68.1 Å². The lowest BCUT2D eigenvalue weighted by atomic mass is 9.65. The predicted molar refractivity (Wildman–Crippen MR) is 118 cm³/mol. The maximum atomic E-state index is 13.3. The summed E-state index contributed by atoms with van der Waals surface area (Å²) in [6, 6.07) is 2.80. The van der Waals surface area contributed by atoms with Gasteiger partial charge in [0, 0.05) is 50.4 Å². The molecule has 1 aromatic heterocycles. The lowest BCUT2D eigenvalue weighted by Gasteiger charge is -2.46. The fourth-order valence-electron chi connectivity index (χ4n) is 5.24. The smallest absolute Gasteiger partial charge is 0.475 e. The average molecular weight is 502 g/mol. The van der Waals surface area contributed by atoms with Crippen LogP contribution in [0.5, 0.6) is 0 Å². The molecule has 35 heavy (non-hydrogen) atoms. The summed E-state index contributed by atoms with van der Waals surface area (Å²) in [6.45, 7) is 3.36. The fourth-order valence-corrected chi connectivity index (χ4v) is 5.24. The standard InChI is InChI=1S/C22H30FN3O2.C2HF3O2/c23-19-16-18(5-10-24-19)21(28)26-13-8-22(9-14-26)6-3-17(4-7-22)15-20(27)25-11-1-2-12-25;3-2(4,5)1(6)7/h5,10,16-17H,1-4,6-9,11-15H2;(H,6,7). The molecule has 1 aliphatic carbocycles. The summed E-state index contributed by atoms with van der Waals surface area (Å²) < 4.78 is 45.0. The van der Waals surface area contributed by atoms with Gasteiger partial charge in [0.25, 0.3) is 5.91 Å². The average Bonchev–Trinajstić information content (AvgIpc) is 3.36. The number of likely N-dealkylation sites (tertiary alicyclic amines) is 2. The van der Waals surface area contributed by atoms with E-state index in [1.54, 1.807) is 6.07 Å². The zero-order valence-corrected chi connectivity index (χ0v) is 19.5. The quantitative estimate of drug-likeness (QED) is 0.493. The molecule has 2 saturated heterocycles. The minimum Gasteiger partial charge on any atom is -0.475 e. The maximum Gasteiger partial charge on any atom is 0.490 e. The lowest BCUT2D eigenvalue weighted by Crippen LogP contribution is -2.44. The molecule has 2 aliphatic heterocycles. The van der Waals surface area contributed by atoms with E-state index in [-0.39, 0.29) is 5.91 Å². The number of alkyl halides is 3. The first-order valence-electron chi connectivity index (χ1n) is 12.0. The number of nitrogens with zero attached hydrogens (tertiary/aromatic N) is 3. The first-order chi connectivity index (χ1) is 16.5. The van der Waals surface area contributed by atoms with Crippen molar-refractivity contribution in [1.82, 2.24) is 14.8 Å². The summed E-state index contributed by atoms with van der Waals surface area (Å²) in [5.41, 5.74) is 0.709. The van der Waals surface area contributed by atoms with E-state index >= 15 is 0 Å². The summed E-state index contributed by atoms with van der Waals surface area (Å²) in [5.74, 6) is -2.59. The van der Waals surface area contributed by atoms with E-state index in [4.69, 9.17) is 9.90 Å². The third kappa shape index (κ3) is 7.38. The van der Waals surface area contributed by atoms with E-state index in [9.17, 15) is 27.2 Å². The number of carbonyl (C=O) groups is 3. The number of carboxylic acids is 1. The highest BCUT2D eigenvalue weighted by Crippen LogP contribution is 2.47. The van der Waals surface area contributed by atoms with Crippen molar-refractivity contribution in [3.05, 3.63) is 29.8 Å². The van der Waals surface area contributed by atoms with E-state index in [1.165, 1.54) is 12.3 Å². The van der Waals surface area contributed by atoms with Crippen LogP contribution < -0.4 is 0 Å². The number of carbonyl (C=O) groups excluding carboxylic acids is 2. The molecule has 4 rings (SSSR count). The molecule has 3 heterocycles. The minimum absolute atomic E-state index is 0.0963. The van der Waals surface area contributed by atoms with Crippen LogP contribution >= 0.6 is 0 Å². The van der Waals surface area contributed by atoms with Gasteiger partial charge in [-0.2, -0.15) is 17.6 Å². The number of rotatable bonds is 3. The Kier molecular flexibility index (Phi) is 8.71. The van der Waals surface area contributed by atoms with Gasteiger partial charge in [-0.05, 0) is 68.8 Å². The van der Waals surface area contributed by atoms with Gasteiger partial charge in [0.1, 0.15) is 0 Å². The van der Waals surface area contributed by atoms with Crippen LogP contribution in [0, 0.1) is 17.3 Å². The first-order valence-corrected chi connectivity index (χ1v) is 12.0. The number of piperidine rings is 1. The summed E-state index contributed by atoms with van der Waals surface area (Å²) >= 11 is 0. The molecule has 0 bridgehead atoms. The van der Waals surface area contributed by atoms with Gasteiger partial charge in [-0.1, -0.05) is 0 Å². The molecule has 1 N–H and O–H groups in total. The molecular formula is C24H31F4N3O4. The Balaban J connectivity index is 0.000000429. The highest BCUT2D eigenvalue weighted by atomic mass is 19.4. The van der Waals surface area contributed by atoms with Crippen molar-refractivity contribution in [2.45, 2.75) is 64.0 Å². The van der Waals surface area contributed by atoms with Gasteiger partial charge in [-0.3, -0.25) is 9.59 Å². The zero-order chi connectivity index (χ0) is 25.6. The molecule has 1 aromatic rings. The second-order valence-electron chi connectivity index (χ2n) is 9.70. The number of halogens is 4. The van der Waals surface area contributed by atoms with E-state index in [1.807, 2.05) is 9.80 Å². The van der Waals surface area contributed by atoms with E-state index < -0.39 is 18.1 Å². The van der Waals surface area contributed by atoms with Crippen molar-refractivity contribution in [3.63, 3.8) is 0 Å². The van der Waals surface area contributed by atoms with Crippen LogP contribution in [-0.4, -0.2) is 70.0 Å². The van der Waals surface area contributed by atoms with Crippen molar-refractivity contribution < 1.29 is 37.1 Å².